The van der Waals surface area contributed by atoms with Gasteiger partial charge in [0.25, 0.3) is 10.0 Å². The van der Waals surface area contributed by atoms with Crippen molar-refractivity contribution in [2.75, 3.05) is 31.6 Å². The van der Waals surface area contributed by atoms with Crippen molar-refractivity contribution < 1.29 is 13.2 Å². The van der Waals surface area contributed by atoms with Gasteiger partial charge in [-0.2, -0.15) is 4.31 Å². The molecule has 0 spiro atoms. The number of rotatable bonds is 4. The molecule has 136 valence electrons. The molecule has 1 aromatic carbocycles. The lowest BCUT2D eigenvalue weighted by Gasteiger charge is -2.25. The molecule has 0 radical (unpaired) electrons. The first-order chi connectivity index (χ1) is 11.8. The van der Waals surface area contributed by atoms with Crippen LogP contribution >= 0.6 is 11.3 Å². The Balaban J connectivity index is 1.73. The maximum absolute atomic E-state index is 12.6. The number of benzene rings is 1. The predicted molar refractivity (Wildman–Crippen MR) is 100 cm³/mol. The standard InChI is InChI=1S/C17H23N3O3S2/c1-17(2,3)13-4-6-14(7-5-13)19-16-18-12-15(24-16)25(21,22)20-8-10-23-11-9-20/h4-7,12H,8-11H2,1-3H3,(H,18,19). The van der Waals surface area contributed by atoms with E-state index < -0.39 is 10.0 Å². The number of hydrogen-bond acceptors (Lipinski definition) is 6. The Morgan fingerprint density at radius 3 is 2.40 bits per heavy atom. The fourth-order valence-electron chi connectivity index (χ4n) is 2.53. The molecular weight excluding hydrogens is 358 g/mol. The molecule has 1 aromatic heterocycles. The van der Waals surface area contributed by atoms with Gasteiger partial charge in [0.05, 0.1) is 19.4 Å². The van der Waals surface area contributed by atoms with Crippen molar-refractivity contribution >= 4 is 32.2 Å². The summed E-state index contributed by atoms with van der Waals surface area (Å²) in [4.78, 5) is 4.21. The number of nitrogens with zero attached hydrogens (tertiary/aromatic N) is 2. The lowest BCUT2D eigenvalue weighted by molar-refractivity contribution is 0.0731. The summed E-state index contributed by atoms with van der Waals surface area (Å²) < 4.78 is 32.2. The van der Waals surface area contributed by atoms with E-state index >= 15 is 0 Å². The van der Waals surface area contributed by atoms with Crippen LogP contribution in [-0.4, -0.2) is 44.0 Å². The quantitative estimate of drug-likeness (QED) is 0.880. The number of nitrogens with one attached hydrogen (secondary N) is 1. The summed E-state index contributed by atoms with van der Waals surface area (Å²) in [6.07, 6.45) is 1.42. The molecule has 0 aliphatic carbocycles. The largest absolute Gasteiger partial charge is 0.379 e. The minimum Gasteiger partial charge on any atom is -0.379 e. The summed E-state index contributed by atoms with van der Waals surface area (Å²) in [6.45, 7) is 8.14. The number of thiazole rings is 1. The Bertz CT molecular complexity index is 818. The van der Waals surface area contributed by atoms with Gasteiger partial charge < -0.3 is 10.1 Å². The summed E-state index contributed by atoms with van der Waals surface area (Å²) in [5.74, 6) is 0. The van der Waals surface area contributed by atoms with Crippen LogP contribution in [0.1, 0.15) is 26.3 Å². The maximum Gasteiger partial charge on any atom is 0.254 e. The van der Waals surface area contributed by atoms with E-state index in [4.69, 9.17) is 4.74 Å². The molecule has 1 aliphatic rings. The third-order valence-electron chi connectivity index (χ3n) is 4.05. The Morgan fingerprint density at radius 1 is 1.16 bits per heavy atom. The lowest BCUT2D eigenvalue weighted by atomic mass is 9.87. The van der Waals surface area contributed by atoms with Gasteiger partial charge in [0, 0.05) is 18.8 Å². The van der Waals surface area contributed by atoms with Gasteiger partial charge in [0.2, 0.25) is 0 Å². The van der Waals surface area contributed by atoms with Gasteiger partial charge >= 0.3 is 0 Å². The van der Waals surface area contributed by atoms with Crippen LogP contribution in [0.5, 0.6) is 0 Å². The fourth-order valence-corrected chi connectivity index (χ4v) is 5.14. The van der Waals surface area contributed by atoms with E-state index in [0.717, 1.165) is 17.0 Å². The van der Waals surface area contributed by atoms with E-state index in [1.54, 1.807) is 0 Å². The van der Waals surface area contributed by atoms with Crippen molar-refractivity contribution in [1.82, 2.24) is 9.29 Å². The molecule has 25 heavy (non-hydrogen) atoms. The number of hydrogen-bond donors (Lipinski definition) is 1. The fraction of sp³-hybridized carbons (Fsp3) is 0.471. The van der Waals surface area contributed by atoms with Gasteiger partial charge in [-0.3, -0.25) is 0 Å². The maximum atomic E-state index is 12.6. The monoisotopic (exact) mass is 381 g/mol. The highest BCUT2D eigenvalue weighted by Crippen LogP contribution is 2.29. The van der Waals surface area contributed by atoms with Crippen LogP contribution in [0.2, 0.25) is 0 Å². The molecule has 2 aromatic rings. The number of morpholine rings is 1. The van der Waals surface area contributed by atoms with Crippen LogP contribution in [0, 0.1) is 0 Å². The molecule has 1 saturated heterocycles. The third kappa shape index (κ3) is 4.20. The molecule has 1 fully saturated rings. The van der Waals surface area contributed by atoms with E-state index in [2.05, 4.69) is 43.2 Å². The van der Waals surface area contributed by atoms with E-state index in [9.17, 15) is 8.42 Å². The van der Waals surface area contributed by atoms with Crippen LogP contribution < -0.4 is 5.32 Å². The summed E-state index contributed by atoms with van der Waals surface area (Å²) in [7, 11) is -3.49. The first-order valence-electron chi connectivity index (χ1n) is 8.18. The summed E-state index contributed by atoms with van der Waals surface area (Å²) in [5, 5.41) is 3.74. The average Bonchev–Trinajstić information content (AvgIpc) is 3.05. The molecular formula is C17H23N3O3S2. The first-order valence-corrected chi connectivity index (χ1v) is 10.4. The molecule has 8 heteroatoms. The van der Waals surface area contributed by atoms with Crippen LogP contribution in [0.4, 0.5) is 10.8 Å². The van der Waals surface area contributed by atoms with Crippen LogP contribution in [0.15, 0.2) is 34.7 Å². The normalized spacial score (nSPS) is 16.8. The van der Waals surface area contributed by atoms with Gasteiger partial charge in [0.1, 0.15) is 0 Å². The number of anilines is 2. The van der Waals surface area contributed by atoms with Crippen molar-refractivity contribution in [3.63, 3.8) is 0 Å². The predicted octanol–water partition coefficient (Wildman–Crippen LogP) is 3.21. The molecule has 0 atom stereocenters. The van der Waals surface area contributed by atoms with Crippen LogP contribution in [-0.2, 0) is 20.2 Å². The van der Waals surface area contributed by atoms with Crippen molar-refractivity contribution in [2.45, 2.75) is 30.4 Å². The minimum absolute atomic E-state index is 0.0963. The summed E-state index contributed by atoms with van der Waals surface area (Å²) >= 11 is 1.15. The highest BCUT2D eigenvalue weighted by atomic mass is 32.2. The Morgan fingerprint density at radius 2 is 1.80 bits per heavy atom. The first kappa shape index (κ1) is 18.3. The smallest absolute Gasteiger partial charge is 0.254 e. The highest BCUT2D eigenvalue weighted by molar-refractivity contribution is 7.91. The van der Waals surface area contributed by atoms with Crippen molar-refractivity contribution in [3.8, 4) is 0 Å². The second kappa shape index (κ2) is 7.03. The van der Waals surface area contributed by atoms with Gasteiger partial charge in [0.15, 0.2) is 9.34 Å². The Hall–Kier alpha value is -1.48. The second-order valence-corrected chi connectivity index (χ2v) is 10.1. The topological polar surface area (TPSA) is 71.5 Å². The molecule has 1 aliphatic heterocycles. The molecule has 6 nitrogen and oxygen atoms in total. The Kier molecular flexibility index (Phi) is 5.15. The zero-order chi connectivity index (χ0) is 18.1. The van der Waals surface area contributed by atoms with Crippen molar-refractivity contribution in [2.24, 2.45) is 0 Å². The summed E-state index contributed by atoms with van der Waals surface area (Å²) in [6, 6.07) is 8.11. The highest BCUT2D eigenvalue weighted by Gasteiger charge is 2.28. The van der Waals surface area contributed by atoms with Gasteiger partial charge in [-0.15, -0.1) is 0 Å². The minimum atomic E-state index is -3.49. The second-order valence-electron chi connectivity index (χ2n) is 6.95. The summed E-state index contributed by atoms with van der Waals surface area (Å²) in [5.41, 5.74) is 2.23. The molecule has 0 saturated carbocycles. The van der Waals surface area contributed by atoms with Gasteiger partial charge in [-0.1, -0.05) is 44.2 Å². The van der Waals surface area contributed by atoms with Crippen molar-refractivity contribution in [1.29, 1.82) is 0 Å². The molecule has 0 amide bonds. The zero-order valence-electron chi connectivity index (χ0n) is 14.7. The molecule has 1 N–H and O–H groups in total. The van der Waals surface area contributed by atoms with Crippen molar-refractivity contribution in [3.05, 3.63) is 36.0 Å². The van der Waals surface area contributed by atoms with Crippen LogP contribution in [0.25, 0.3) is 0 Å². The molecule has 0 unspecified atom stereocenters. The molecule has 3 rings (SSSR count). The van der Waals surface area contributed by atoms with Crippen LogP contribution in [0.3, 0.4) is 0 Å². The average molecular weight is 382 g/mol. The lowest BCUT2D eigenvalue weighted by Crippen LogP contribution is -2.40. The van der Waals surface area contributed by atoms with Gasteiger partial charge in [-0.25, -0.2) is 13.4 Å². The SMILES string of the molecule is CC(C)(C)c1ccc(Nc2ncc(S(=O)(=O)N3CCOCC3)s2)cc1. The van der Waals surface area contributed by atoms with E-state index in [1.807, 2.05) is 12.1 Å². The van der Waals surface area contributed by atoms with E-state index in [0.29, 0.717) is 31.4 Å². The zero-order valence-corrected chi connectivity index (χ0v) is 16.3. The number of ether oxygens (including phenoxy) is 1. The Labute approximate surface area is 152 Å². The molecule has 0 bridgehead atoms. The van der Waals surface area contributed by atoms with E-state index in [-0.39, 0.29) is 9.62 Å². The van der Waals surface area contributed by atoms with E-state index in [1.165, 1.54) is 16.1 Å². The van der Waals surface area contributed by atoms with Gasteiger partial charge in [-0.05, 0) is 23.1 Å². The third-order valence-corrected chi connectivity index (χ3v) is 7.30. The number of aromatic nitrogens is 1. The molecule has 2 heterocycles. The number of sulfonamides is 1.